The molecule has 1 aromatic carbocycles. The molecule has 1 aliphatic heterocycles. The first-order valence-electron chi connectivity index (χ1n) is 7.41. The van der Waals surface area contributed by atoms with Crippen molar-refractivity contribution in [3.63, 3.8) is 0 Å². The average molecular weight is 275 g/mol. The summed E-state index contributed by atoms with van der Waals surface area (Å²) in [4.78, 5) is 16.9. The van der Waals surface area contributed by atoms with E-state index in [4.69, 9.17) is 5.73 Å². The van der Waals surface area contributed by atoms with E-state index in [1.807, 2.05) is 42.3 Å². The number of hydrogen-bond acceptors (Lipinski definition) is 3. The number of rotatable bonds is 5. The predicted octanol–water partition coefficient (Wildman–Crippen LogP) is 1.49. The molecule has 1 aliphatic rings. The third kappa shape index (κ3) is 3.19. The molecule has 2 N–H and O–H groups in total. The van der Waals surface area contributed by atoms with Gasteiger partial charge in [-0.3, -0.25) is 9.69 Å². The van der Waals surface area contributed by atoms with Crippen molar-refractivity contribution in [2.45, 2.75) is 19.4 Å². The summed E-state index contributed by atoms with van der Waals surface area (Å²) >= 11 is 0. The number of nitrogens with zero attached hydrogens (tertiary/aromatic N) is 2. The molecule has 0 aromatic heterocycles. The highest BCUT2D eigenvalue weighted by Crippen LogP contribution is 2.25. The predicted molar refractivity (Wildman–Crippen MR) is 81.2 cm³/mol. The smallest absolute Gasteiger partial charge is 0.244 e. The molecule has 2 rings (SSSR count). The van der Waals surface area contributed by atoms with Crippen LogP contribution in [0.5, 0.6) is 0 Å². The second kappa shape index (κ2) is 6.86. The summed E-state index contributed by atoms with van der Waals surface area (Å²) in [7, 11) is 2.01. The third-order valence-corrected chi connectivity index (χ3v) is 4.22. The number of nitrogens with two attached hydrogens (primary N) is 1. The molecule has 1 aromatic rings. The van der Waals surface area contributed by atoms with Gasteiger partial charge in [0.15, 0.2) is 0 Å². The average Bonchev–Trinajstić information content (AvgIpc) is 2.97. The maximum Gasteiger partial charge on any atom is 0.244 e. The van der Waals surface area contributed by atoms with Gasteiger partial charge >= 0.3 is 0 Å². The number of likely N-dealkylation sites (tertiary alicyclic amines) is 1. The van der Waals surface area contributed by atoms with Crippen molar-refractivity contribution in [3.05, 3.63) is 35.9 Å². The molecule has 0 radical (unpaired) electrons. The van der Waals surface area contributed by atoms with Crippen LogP contribution in [0.1, 0.15) is 24.9 Å². The lowest BCUT2D eigenvalue weighted by molar-refractivity contribution is -0.135. The normalized spacial score (nSPS) is 20.4. The maximum atomic E-state index is 12.9. The highest BCUT2D eigenvalue weighted by molar-refractivity contribution is 5.83. The van der Waals surface area contributed by atoms with E-state index in [2.05, 4.69) is 11.8 Å². The van der Waals surface area contributed by atoms with Gasteiger partial charge in [0.25, 0.3) is 0 Å². The number of benzene rings is 1. The van der Waals surface area contributed by atoms with Gasteiger partial charge in [-0.15, -0.1) is 0 Å². The van der Waals surface area contributed by atoms with Crippen LogP contribution in [-0.2, 0) is 4.79 Å². The number of amides is 1. The van der Waals surface area contributed by atoms with Crippen LogP contribution in [0.4, 0.5) is 0 Å². The Bertz CT molecular complexity index is 435. The van der Waals surface area contributed by atoms with Crippen molar-refractivity contribution in [2.75, 3.05) is 33.2 Å². The number of carbonyl (C=O) groups excluding carboxylic acids is 1. The van der Waals surface area contributed by atoms with Crippen molar-refractivity contribution >= 4 is 5.91 Å². The zero-order valence-electron chi connectivity index (χ0n) is 12.5. The summed E-state index contributed by atoms with van der Waals surface area (Å²) in [5.41, 5.74) is 6.79. The minimum Gasteiger partial charge on any atom is -0.341 e. The molecule has 4 nitrogen and oxygen atoms in total. The maximum absolute atomic E-state index is 12.9. The molecule has 0 aliphatic carbocycles. The quantitative estimate of drug-likeness (QED) is 0.885. The minimum atomic E-state index is -0.183. The van der Waals surface area contributed by atoms with Crippen LogP contribution in [0.3, 0.4) is 0 Å². The highest BCUT2D eigenvalue weighted by Gasteiger charge is 2.32. The number of likely N-dealkylation sites (N-methyl/N-ethyl adjacent to an activating group) is 1. The van der Waals surface area contributed by atoms with Gasteiger partial charge < -0.3 is 10.6 Å². The van der Waals surface area contributed by atoms with E-state index in [1.54, 1.807) is 0 Å². The first-order valence-corrected chi connectivity index (χ1v) is 7.41. The second-order valence-electron chi connectivity index (χ2n) is 5.56. The van der Waals surface area contributed by atoms with E-state index in [-0.39, 0.29) is 11.9 Å². The van der Waals surface area contributed by atoms with Gasteiger partial charge in [0, 0.05) is 13.1 Å². The van der Waals surface area contributed by atoms with Crippen LogP contribution in [0, 0.1) is 5.92 Å². The topological polar surface area (TPSA) is 49.6 Å². The Labute approximate surface area is 121 Å². The monoisotopic (exact) mass is 275 g/mol. The summed E-state index contributed by atoms with van der Waals surface area (Å²) in [6.45, 7) is 5.23. The van der Waals surface area contributed by atoms with Crippen LogP contribution in [0.15, 0.2) is 30.3 Å². The molecule has 20 heavy (non-hydrogen) atoms. The number of hydrogen-bond donors (Lipinski definition) is 1. The molecule has 0 bridgehead atoms. The van der Waals surface area contributed by atoms with Crippen LogP contribution in [-0.4, -0.2) is 48.9 Å². The molecule has 0 saturated carbocycles. The van der Waals surface area contributed by atoms with Gasteiger partial charge in [-0.25, -0.2) is 0 Å². The zero-order valence-corrected chi connectivity index (χ0v) is 12.5. The van der Waals surface area contributed by atoms with E-state index in [9.17, 15) is 4.79 Å². The molecule has 1 heterocycles. The Morgan fingerprint density at radius 3 is 2.70 bits per heavy atom. The first kappa shape index (κ1) is 15.0. The van der Waals surface area contributed by atoms with Gasteiger partial charge in [-0.1, -0.05) is 37.3 Å². The van der Waals surface area contributed by atoms with Gasteiger partial charge in [0.05, 0.1) is 0 Å². The first-order chi connectivity index (χ1) is 9.67. The summed E-state index contributed by atoms with van der Waals surface area (Å²) in [6, 6.07) is 9.85. The SMILES string of the molecule is CCN(C)C(C(=O)N1CCC(CN)C1)c1ccccc1. The van der Waals surface area contributed by atoms with E-state index in [0.29, 0.717) is 12.5 Å². The van der Waals surface area contributed by atoms with E-state index in [1.165, 1.54) is 0 Å². The Hall–Kier alpha value is -1.39. The lowest BCUT2D eigenvalue weighted by Gasteiger charge is -2.30. The Morgan fingerprint density at radius 2 is 2.15 bits per heavy atom. The Kier molecular flexibility index (Phi) is 5.15. The van der Waals surface area contributed by atoms with Crippen LogP contribution in [0.25, 0.3) is 0 Å². The molecule has 0 spiro atoms. The fourth-order valence-electron chi connectivity index (χ4n) is 2.80. The lowest BCUT2D eigenvalue weighted by atomic mass is 10.0. The zero-order chi connectivity index (χ0) is 14.5. The van der Waals surface area contributed by atoms with Crippen LogP contribution < -0.4 is 5.73 Å². The van der Waals surface area contributed by atoms with E-state index < -0.39 is 0 Å². The number of carbonyl (C=O) groups is 1. The molecule has 1 amide bonds. The Balaban J connectivity index is 2.17. The third-order valence-electron chi connectivity index (χ3n) is 4.22. The molecule has 4 heteroatoms. The molecule has 2 unspecified atom stereocenters. The fourth-order valence-corrected chi connectivity index (χ4v) is 2.80. The molecular formula is C16H25N3O. The van der Waals surface area contributed by atoms with Gasteiger partial charge in [0.1, 0.15) is 6.04 Å². The van der Waals surface area contributed by atoms with E-state index in [0.717, 1.165) is 31.6 Å². The van der Waals surface area contributed by atoms with Crippen molar-refractivity contribution in [1.82, 2.24) is 9.80 Å². The summed E-state index contributed by atoms with van der Waals surface area (Å²) in [5.74, 6) is 0.666. The van der Waals surface area contributed by atoms with Gasteiger partial charge in [0.2, 0.25) is 5.91 Å². The van der Waals surface area contributed by atoms with Gasteiger partial charge in [-0.2, -0.15) is 0 Å². The van der Waals surface area contributed by atoms with Crippen molar-refractivity contribution in [2.24, 2.45) is 11.7 Å². The fraction of sp³-hybridized carbons (Fsp3) is 0.562. The summed E-state index contributed by atoms with van der Waals surface area (Å²) in [5, 5.41) is 0. The highest BCUT2D eigenvalue weighted by atomic mass is 16.2. The molecular weight excluding hydrogens is 250 g/mol. The Morgan fingerprint density at radius 1 is 1.45 bits per heavy atom. The summed E-state index contributed by atoms with van der Waals surface area (Å²) in [6.07, 6.45) is 1.03. The van der Waals surface area contributed by atoms with Crippen molar-refractivity contribution < 1.29 is 4.79 Å². The lowest BCUT2D eigenvalue weighted by Crippen LogP contribution is -2.41. The van der Waals surface area contributed by atoms with Crippen LogP contribution >= 0.6 is 0 Å². The molecule has 110 valence electrons. The molecule has 1 saturated heterocycles. The standard InChI is InChI=1S/C16H25N3O/c1-3-18(2)15(14-7-5-4-6-8-14)16(20)19-10-9-13(11-17)12-19/h4-8,13,15H,3,9-12,17H2,1-2H3. The minimum absolute atomic E-state index is 0.183. The van der Waals surface area contributed by atoms with Crippen molar-refractivity contribution in [3.8, 4) is 0 Å². The van der Waals surface area contributed by atoms with Crippen LogP contribution in [0.2, 0.25) is 0 Å². The molecule has 2 atom stereocenters. The summed E-state index contributed by atoms with van der Waals surface area (Å²) < 4.78 is 0. The van der Waals surface area contributed by atoms with Gasteiger partial charge in [-0.05, 0) is 38.0 Å². The largest absolute Gasteiger partial charge is 0.341 e. The molecule has 1 fully saturated rings. The van der Waals surface area contributed by atoms with Crippen molar-refractivity contribution in [1.29, 1.82) is 0 Å². The second-order valence-corrected chi connectivity index (χ2v) is 5.56. The van der Waals surface area contributed by atoms with E-state index >= 15 is 0 Å².